The Morgan fingerprint density at radius 2 is 1.92 bits per heavy atom. The van der Waals surface area contributed by atoms with E-state index >= 15 is 0 Å². The molecule has 128 valence electrons. The molecule has 6 heteroatoms. The molecular formula is C20H16N4O2. The Kier molecular flexibility index (Phi) is 4.07. The summed E-state index contributed by atoms with van der Waals surface area (Å²) in [6.07, 6.45) is 1.69. The van der Waals surface area contributed by atoms with Gasteiger partial charge in [0.2, 0.25) is 0 Å². The van der Waals surface area contributed by atoms with Crippen LogP contribution < -0.4 is 10.1 Å². The smallest absolute Gasteiger partial charge is 0.273 e. The summed E-state index contributed by atoms with van der Waals surface area (Å²) in [6, 6.07) is 18.8. The minimum absolute atomic E-state index is 0.292. The Hall–Kier alpha value is -3.67. The van der Waals surface area contributed by atoms with E-state index in [1.54, 1.807) is 25.4 Å². The Morgan fingerprint density at radius 3 is 2.73 bits per heavy atom. The minimum atomic E-state index is -0.292. The summed E-state index contributed by atoms with van der Waals surface area (Å²) in [4.78, 5) is 17.0. The van der Waals surface area contributed by atoms with Crippen molar-refractivity contribution in [2.24, 2.45) is 0 Å². The first-order valence-electron chi connectivity index (χ1n) is 8.09. The van der Waals surface area contributed by atoms with E-state index in [0.717, 1.165) is 10.9 Å². The van der Waals surface area contributed by atoms with Gasteiger partial charge >= 0.3 is 0 Å². The molecule has 2 heterocycles. The van der Waals surface area contributed by atoms with Crippen molar-refractivity contribution < 1.29 is 9.53 Å². The van der Waals surface area contributed by atoms with E-state index in [-0.39, 0.29) is 5.91 Å². The summed E-state index contributed by atoms with van der Waals surface area (Å²) >= 11 is 0. The van der Waals surface area contributed by atoms with Crippen LogP contribution in [0.2, 0.25) is 0 Å². The minimum Gasteiger partial charge on any atom is -0.497 e. The number of anilines is 1. The van der Waals surface area contributed by atoms with Gasteiger partial charge in [0.25, 0.3) is 5.91 Å². The van der Waals surface area contributed by atoms with Crippen molar-refractivity contribution in [3.05, 3.63) is 72.6 Å². The van der Waals surface area contributed by atoms with Gasteiger partial charge in [-0.2, -0.15) is 5.10 Å². The fourth-order valence-electron chi connectivity index (χ4n) is 2.76. The van der Waals surface area contributed by atoms with Crippen molar-refractivity contribution in [1.82, 2.24) is 15.2 Å². The predicted octanol–water partition coefficient (Wildman–Crippen LogP) is 3.89. The van der Waals surface area contributed by atoms with Gasteiger partial charge in [-0.15, -0.1) is 0 Å². The molecule has 0 atom stereocenters. The zero-order valence-corrected chi connectivity index (χ0v) is 14.1. The zero-order valence-electron chi connectivity index (χ0n) is 14.1. The number of carbonyl (C=O) groups excluding carboxylic acids is 1. The largest absolute Gasteiger partial charge is 0.497 e. The lowest BCUT2D eigenvalue weighted by Crippen LogP contribution is -2.13. The van der Waals surface area contributed by atoms with Gasteiger partial charge in [-0.05, 0) is 18.2 Å². The number of rotatable bonds is 4. The summed E-state index contributed by atoms with van der Waals surface area (Å²) in [5.74, 6) is 0.357. The van der Waals surface area contributed by atoms with Crippen LogP contribution in [0.25, 0.3) is 22.2 Å². The predicted molar refractivity (Wildman–Crippen MR) is 100 cm³/mol. The van der Waals surface area contributed by atoms with Crippen LogP contribution in [0.5, 0.6) is 5.75 Å². The summed E-state index contributed by atoms with van der Waals surface area (Å²) in [7, 11) is 1.59. The molecule has 0 aliphatic heterocycles. The van der Waals surface area contributed by atoms with Gasteiger partial charge in [0, 0.05) is 23.2 Å². The number of benzene rings is 2. The number of fused-ring (bicyclic) bond motifs is 1. The van der Waals surface area contributed by atoms with E-state index in [4.69, 9.17) is 4.74 Å². The molecule has 2 aromatic heterocycles. The van der Waals surface area contributed by atoms with Crippen molar-refractivity contribution in [3.8, 4) is 17.0 Å². The lowest BCUT2D eigenvalue weighted by Gasteiger charge is -2.09. The number of amides is 1. The second-order valence-corrected chi connectivity index (χ2v) is 5.74. The van der Waals surface area contributed by atoms with E-state index in [0.29, 0.717) is 28.3 Å². The number of pyridine rings is 1. The highest BCUT2D eigenvalue weighted by molar-refractivity contribution is 6.08. The fraction of sp³-hybridized carbons (Fsp3) is 0.0500. The molecule has 0 saturated carbocycles. The Balaban J connectivity index is 1.65. The molecule has 2 N–H and O–H groups in total. The number of H-pyrrole nitrogens is 1. The monoisotopic (exact) mass is 344 g/mol. The van der Waals surface area contributed by atoms with E-state index in [2.05, 4.69) is 20.5 Å². The Labute approximate surface area is 149 Å². The molecule has 0 aliphatic carbocycles. The first kappa shape index (κ1) is 15.8. The summed E-state index contributed by atoms with van der Waals surface area (Å²) in [5.41, 5.74) is 3.31. The molecule has 2 aromatic carbocycles. The van der Waals surface area contributed by atoms with Crippen LogP contribution in [0.15, 0.2) is 66.9 Å². The molecule has 0 spiro atoms. The standard InChI is InChI=1S/C20H16N4O2/c1-26-15-10-14-8-5-9-21-19(14)17(11-15)22-20(25)18-12-16(23-24-18)13-6-3-2-4-7-13/h2-12H,1H3,(H,22,25)(H,23,24). The first-order chi connectivity index (χ1) is 12.7. The highest BCUT2D eigenvalue weighted by Gasteiger charge is 2.14. The SMILES string of the molecule is COc1cc(NC(=O)c2cc(-c3ccccc3)n[nH]2)c2ncccc2c1. The van der Waals surface area contributed by atoms with Gasteiger partial charge in [0.05, 0.1) is 24.0 Å². The van der Waals surface area contributed by atoms with E-state index in [1.807, 2.05) is 48.5 Å². The number of hydrogen-bond acceptors (Lipinski definition) is 4. The van der Waals surface area contributed by atoms with Gasteiger partial charge in [0.1, 0.15) is 11.4 Å². The lowest BCUT2D eigenvalue weighted by molar-refractivity contribution is 0.102. The molecule has 1 amide bonds. The molecule has 0 aliphatic rings. The Morgan fingerprint density at radius 1 is 1.08 bits per heavy atom. The Bertz CT molecular complexity index is 1070. The first-order valence-corrected chi connectivity index (χ1v) is 8.09. The molecule has 0 radical (unpaired) electrons. The maximum Gasteiger partial charge on any atom is 0.273 e. The third-order valence-corrected chi connectivity index (χ3v) is 4.05. The third-order valence-electron chi connectivity index (χ3n) is 4.05. The molecule has 4 aromatic rings. The van der Waals surface area contributed by atoms with E-state index < -0.39 is 0 Å². The quantitative estimate of drug-likeness (QED) is 0.589. The summed E-state index contributed by atoms with van der Waals surface area (Å²) in [6.45, 7) is 0. The molecule has 6 nitrogen and oxygen atoms in total. The second-order valence-electron chi connectivity index (χ2n) is 5.74. The number of nitrogens with one attached hydrogen (secondary N) is 2. The number of aromatic amines is 1. The van der Waals surface area contributed by atoms with E-state index in [9.17, 15) is 4.79 Å². The molecule has 26 heavy (non-hydrogen) atoms. The highest BCUT2D eigenvalue weighted by Crippen LogP contribution is 2.28. The average molecular weight is 344 g/mol. The normalized spacial score (nSPS) is 10.7. The van der Waals surface area contributed by atoms with Gasteiger partial charge in [-0.3, -0.25) is 14.9 Å². The summed E-state index contributed by atoms with van der Waals surface area (Å²) in [5, 5.41) is 10.8. The second kappa shape index (κ2) is 6.68. The topological polar surface area (TPSA) is 79.9 Å². The van der Waals surface area contributed by atoms with Crippen LogP contribution in [0.4, 0.5) is 5.69 Å². The summed E-state index contributed by atoms with van der Waals surface area (Å²) < 4.78 is 5.31. The van der Waals surface area contributed by atoms with Crippen LogP contribution in [0.3, 0.4) is 0 Å². The van der Waals surface area contributed by atoms with Gasteiger partial charge in [-0.1, -0.05) is 36.4 Å². The number of hydrogen-bond donors (Lipinski definition) is 2. The molecule has 0 fully saturated rings. The van der Waals surface area contributed by atoms with Crippen molar-refractivity contribution >= 4 is 22.5 Å². The average Bonchev–Trinajstić information content (AvgIpc) is 3.19. The van der Waals surface area contributed by atoms with Crippen LogP contribution in [-0.4, -0.2) is 28.2 Å². The van der Waals surface area contributed by atoms with Crippen LogP contribution in [-0.2, 0) is 0 Å². The fourth-order valence-corrected chi connectivity index (χ4v) is 2.76. The van der Waals surface area contributed by atoms with E-state index in [1.165, 1.54) is 0 Å². The third kappa shape index (κ3) is 3.00. The van der Waals surface area contributed by atoms with Crippen LogP contribution >= 0.6 is 0 Å². The van der Waals surface area contributed by atoms with Gasteiger partial charge in [0.15, 0.2) is 0 Å². The van der Waals surface area contributed by atoms with Crippen molar-refractivity contribution in [2.75, 3.05) is 12.4 Å². The van der Waals surface area contributed by atoms with Crippen LogP contribution in [0.1, 0.15) is 10.5 Å². The highest BCUT2D eigenvalue weighted by atomic mass is 16.5. The molecule has 0 unspecified atom stereocenters. The number of carbonyl (C=O) groups is 1. The maximum atomic E-state index is 12.7. The number of nitrogens with zero attached hydrogens (tertiary/aromatic N) is 2. The molecular weight excluding hydrogens is 328 g/mol. The van der Waals surface area contributed by atoms with Crippen LogP contribution in [0, 0.1) is 0 Å². The van der Waals surface area contributed by atoms with Gasteiger partial charge in [-0.25, -0.2) is 0 Å². The lowest BCUT2D eigenvalue weighted by atomic mass is 10.1. The number of ether oxygens (including phenoxy) is 1. The molecule has 0 saturated heterocycles. The van der Waals surface area contributed by atoms with Gasteiger partial charge < -0.3 is 10.1 Å². The van der Waals surface area contributed by atoms with Crippen molar-refractivity contribution in [1.29, 1.82) is 0 Å². The number of methoxy groups -OCH3 is 1. The number of aromatic nitrogens is 3. The maximum absolute atomic E-state index is 12.7. The molecule has 4 rings (SSSR count). The zero-order chi connectivity index (χ0) is 17.9. The van der Waals surface area contributed by atoms with Crippen molar-refractivity contribution in [3.63, 3.8) is 0 Å². The molecule has 0 bridgehead atoms. The van der Waals surface area contributed by atoms with Crippen molar-refractivity contribution in [2.45, 2.75) is 0 Å².